The van der Waals surface area contributed by atoms with Crippen molar-refractivity contribution in [3.63, 3.8) is 0 Å². The second kappa shape index (κ2) is 7.17. The molecule has 3 heteroatoms. The zero-order chi connectivity index (χ0) is 13.5. The molecule has 0 radical (unpaired) electrons. The minimum absolute atomic E-state index is 0.121. The maximum Gasteiger partial charge on any atom is 0.227 e. The van der Waals surface area contributed by atoms with Gasteiger partial charge in [-0.1, -0.05) is 50.8 Å². The van der Waals surface area contributed by atoms with Crippen molar-refractivity contribution in [2.24, 2.45) is 0 Å². The van der Waals surface area contributed by atoms with Gasteiger partial charge in [0.05, 0.1) is 12.5 Å². The zero-order valence-electron chi connectivity index (χ0n) is 11.5. The van der Waals surface area contributed by atoms with Crippen LogP contribution in [0.15, 0.2) is 18.2 Å². The summed E-state index contributed by atoms with van der Waals surface area (Å²) >= 11 is 0. The van der Waals surface area contributed by atoms with Crippen LogP contribution in [-0.4, -0.2) is 11.0 Å². The average molecular weight is 249 g/mol. The van der Waals surface area contributed by atoms with E-state index in [0.717, 1.165) is 16.8 Å². The number of nitrogens with one attached hydrogen (secondary N) is 1. The fourth-order valence-electron chi connectivity index (χ4n) is 1.91. The number of anilines is 1. The van der Waals surface area contributed by atoms with Gasteiger partial charge in [-0.15, -0.1) is 0 Å². The molecule has 0 bridgehead atoms. The molecule has 1 aromatic rings. The lowest BCUT2D eigenvalue weighted by Gasteiger charge is -2.21. The molecule has 1 heterocycles. The maximum atomic E-state index is 11.1. The highest BCUT2D eigenvalue weighted by atomic mass is 16.3. The van der Waals surface area contributed by atoms with Crippen LogP contribution >= 0.6 is 0 Å². The second-order valence-corrected chi connectivity index (χ2v) is 4.71. The number of aliphatic hydroxyl groups is 1. The van der Waals surface area contributed by atoms with Crippen LogP contribution in [0.25, 0.3) is 0 Å². The van der Waals surface area contributed by atoms with Crippen molar-refractivity contribution in [2.75, 3.05) is 5.32 Å². The Morgan fingerprint density at radius 3 is 2.56 bits per heavy atom. The van der Waals surface area contributed by atoms with Crippen LogP contribution in [0.3, 0.4) is 0 Å². The Labute approximate surface area is 109 Å². The quantitative estimate of drug-likeness (QED) is 0.841. The molecule has 100 valence electrons. The molecule has 0 spiro atoms. The van der Waals surface area contributed by atoms with Gasteiger partial charge in [0.1, 0.15) is 0 Å². The predicted molar refractivity (Wildman–Crippen MR) is 74.6 cm³/mol. The molecule has 1 aliphatic heterocycles. The zero-order valence-corrected chi connectivity index (χ0v) is 11.5. The first-order valence-electron chi connectivity index (χ1n) is 6.67. The van der Waals surface area contributed by atoms with Crippen molar-refractivity contribution in [3.8, 4) is 0 Å². The minimum atomic E-state index is -0.649. The first-order valence-corrected chi connectivity index (χ1v) is 6.67. The summed E-state index contributed by atoms with van der Waals surface area (Å²) in [5.41, 5.74) is 2.64. The fourth-order valence-corrected chi connectivity index (χ4v) is 1.91. The summed E-state index contributed by atoms with van der Waals surface area (Å²) in [4.78, 5) is 11.1. The minimum Gasteiger partial charge on any atom is -0.388 e. The molecule has 0 saturated carbocycles. The number of carbonyl (C=O) groups is 1. The SMILES string of the molecule is CCCCC.Cc1ccc2c(c1)C(O)CC(=O)N2. The third-order valence-corrected chi connectivity index (χ3v) is 2.93. The van der Waals surface area contributed by atoms with Gasteiger partial charge in [0, 0.05) is 11.3 Å². The maximum absolute atomic E-state index is 11.1. The fraction of sp³-hybridized carbons (Fsp3) is 0.533. The number of unbranched alkanes of at least 4 members (excludes halogenated alkanes) is 2. The van der Waals surface area contributed by atoms with Crippen molar-refractivity contribution < 1.29 is 9.90 Å². The van der Waals surface area contributed by atoms with Gasteiger partial charge in [0.15, 0.2) is 0 Å². The number of rotatable bonds is 2. The molecule has 1 aromatic carbocycles. The molecular formula is C15H23NO2. The average Bonchev–Trinajstić information content (AvgIpc) is 2.32. The van der Waals surface area contributed by atoms with Gasteiger partial charge in [-0.25, -0.2) is 0 Å². The predicted octanol–water partition coefficient (Wildman–Crippen LogP) is 3.57. The van der Waals surface area contributed by atoms with Gasteiger partial charge < -0.3 is 10.4 Å². The topological polar surface area (TPSA) is 49.3 Å². The van der Waals surface area contributed by atoms with E-state index >= 15 is 0 Å². The first kappa shape index (κ1) is 14.7. The third kappa shape index (κ3) is 4.15. The largest absolute Gasteiger partial charge is 0.388 e. The number of amides is 1. The highest BCUT2D eigenvalue weighted by Crippen LogP contribution is 2.30. The van der Waals surface area contributed by atoms with Crippen molar-refractivity contribution >= 4 is 11.6 Å². The van der Waals surface area contributed by atoms with Crippen LogP contribution in [-0.2, 0) is 4.79 Å². The van der Waals surface area contributed by atoms with Gasteiger partial charge in [0.2, 0.25) is 5.91 Å². The van der Waals surface area contributed by atoms with Crippen molar-refractivity contribution in [3.05, 3.63) is 29.3 Å². The smallest absolute Gasteiger partial charge is 0.227 e. The van der Waals surface area contributed by atoms with Crippen LogP contribution in [0.2, 0.25) is 0 Å². The Kier molecular flexibility index (Phi) is 5.86. The van der Waals surface area contributed by atoms with Crippen LogP contribution in [0.4, 0.5) is 5.69 Å². The molecule has 1 unspecified atom stereocenters. The van der Waals surface area contributed by atoms with E-state index in [1.807, 2.05) is 25.1 Å². The van der Waals surface area contributed by atoms with Crippen molar-refractivity contribution in [2.45, 2.75) is 52.6 Å². The first-order chi connectivity index (χ1) is 8.58. The summed E-state index contributed by atoms with van der Waals surface area (Å²) in [7, 11) is 0. The molecule has 1 amide bonds. The summed E-state index contributed by atoms with van der Waals surface area (Å²) in [5.74, 6) is -0.121. The van der Waals surface area contributed by atoms with Gasteiger partial charge >= 0.3 is 0 Å². The highest BCUT2D eigenvalue weighted by Gasteiger charge is 2.22. The Hall–Kier alpha value is -1.35. The van der Waals surface area contributed by atoms with Gasteiger partial charge in [-0.05, 0) is 13.0 Å². The van der Waals surface area contributed by atoms with Crippen molar-refractivity contribution in [1.82, 2.24) is 0 Å². The summed E-state index contributed by atoms with van der Waals surface area (Å²) in [6, 6.07) is 5.64. The molecule has 0 aromatic heterocycles. The molecule has 0 saturated heterocycles. The molecule has 0 fully saturated rings. The van der Waals surface area contributed by atoms with E-state index in [1.54, 1.807) is 0 Å². The Bertz CT molecular complexity index is 399. The van der Waals surface area contributed by atoms with E-state index in [9.17, 15) is 9.90 Å². The number of carbonyl (C=O) groups excluding carboxylic acids is 1. The Morgan fingerprint density at radius 1 is 1.33 bits per heavy atom. The van der Waals surface area contributed by atoms with Gasteiger partial charge in [-0.2, -0.15) is 0 Å². The van der Waals surface area contributed by atoms with Crippen LogP contribution in [0.5, 0.6) is 0 Å². The summed E-state index contributed by atoms with van der Waals surface area (Å²) < 4.78 is 0. The van der Waals surface area contributed by atoms with E-state index in [0.29, 0.717) is 0 Å². The second-order valence-electron chi connectivity index (χ2n) is 4.71. The van der Waals surface area contributed by atoms with E-state index < -0.39 is 6.10 Å². The lowest BCUT2D eigenvalue weighted by molar-refractivity contribution is -0.118. The van der Waals surface area contributed by atoms with Crippen LogP contribution in [0.1, 0.15) is 56.8 Å². The molecule has 1 aliphatic rings. The van der Waals surface area contributed by atoms with E-state index in [-0.39, 0.29) is 12.3 Å². The summed E-state index contributed by atoms with van der Waals surface area (Å²) in [6.07, 6.45) is 3.59. The number of hydrogen-bond acceptors (Lipinski definition) is 2. The number of hydrogen-bond donors (Lipinski definition) is 2. The molecule has 3 nitrogen and oxygen atoms in total. The van der Waals surface area contributed by atoms with Crippen molar-refractivity contribution in [1.29, 1.82) is 0 Å². The van der Waals surface area contributed by atoms with Crippen LogP contribution < -0.4 is 5.32 Å². The summed E-state index contributed by atoms with van der Waals surface area (Å²) in [6.45, 7) is 6.39. The highest BCUT2D eigenvalue weighted by molar-refractivity contribution is 5.94. The third-order valence-electron chi connectivity index (χ3n) is 2.93. The molecule has 2 N–H and O–H groups in total. The Balaban J connectivity index is 0.000000280. The molecule has 1 atom stereocenters. The van der Waals surface area contributed by atoms with E-state index in [1.165, 1.54) is 19.3 Å². The molecule has 2 rings (SSSR count). The number of aliphatic hydroxyl groups excluding tert-OH is 1. The summed E-state index contributed by atoms with van der Waals surface area (Å²) in [5, 5.41) is 12.3. The van der Waals surface area contributed by atoms with Crippen LogP contribution in [0, 0.1) is 6.92 Å². The standard InChI is InChI=1S/C10H11NO2.C5H12/c1-6-2-3-8-7(4-6)9(12)5-10(13)11-8;1-3-5-4-2/h2-4,9,12H,5H2,1H3,(H,11,13);3-5H2,1-2H3. The monoisotopic (exact) mass is 249 g/mol. The Morgan fingerprint density at radius 2 is 2.00 bits per heavy atom. The molecular weight excluding hydrogens is 226 g/mol. The number of fused-ring (bicyclic) bond motifs is 1. The van der Waals surface area contributed by atoms with Gasteiger partial charge in [0.25, 0.3) is 0 Å². The van der Waals surface area contributed by atoms with Gasteiger partial charge in [-0.3, -0.25) is 4.79 Å². The lowest BCUT2D eigenvalue weighted by Crippen LogP contribution is -2.22. The molecule has 18 heavy (non-hydrogen) atoms. The number of aryl methyl sites for hydroxylation is 1. The van der Waals surface area contributed by atoms with E-state index in [4.69, 9.17) is 0 Å². The normalized spacial score (nSPS) is 17.3. The molecule has 0 aliphatic carbocycles. The van der Waals surface area contributed by atoms with E-state index in [2.05, 4.69) is 19.2 Å². The number of benzene rings is 1. The lowest BCUT2D eigenvalue weighted by atomic mass is 9.98.